The van der Waals surface area contributed by atoms with E-state index in [1.807, 2.05) is 30.3 Å². The van der Waals surface area contributed by atoms with Gasteiger partial charge in [-0.15, -0.1) is 0 Å². The van der Waals surface area contributed by atoms with Gasteiger partial charge in [0, 0.05) is 28.3 Å². The van der Waals surface area contributed by atoms with Crippen molar-refractivity contribution in [2.75, 3.05) is 5.32 Å². The molecule has 6 nitrogen and oxygen atoms in total. The fourth-order valence-corrected chi connectivity index (χ4v) is 4.18. The number of aromatic nitrogens is 2. The summed E-state index contributed by atoms with van der Waals surface area (Å²) in [7, 11) is 0. The Kier molecular flexibility index (Phi) is 6.78. The summed E-state index contributed by atoms with van der Waals surface area (Å²) in [6, 6.07) is 22.6. The smallest absolute Gasteiger partial charge is 0.249 e. The van der Waals surface area contributed by atoms with E-state index in [0.717, 1.165) is 29.1 Å². The summed E-state index contributed by atoms with van der Waals surface area (Å²) in [5, 5.41) is 3.53. The van der Waals surface area contributed by atoms with Crippen molar-refractivity contribution in [3.8, 4) is 11.1 Å². The molecule has 0 saturated heterocycles. The Labute approximate surface area is 216 Å². The number of carbonyl (C=O) groups excluding carboxylic acids is 2. The lowest BCUT2D eigenvalue weighted by Crippen LogP contribution is -2.15. The van der Waals surface area contributed by atoms with Crippen molar-refractivity contribution in [2.45, 2.75) is 6.42 Å². The van der Waals surface area contributed by atoms with E-state index in [1.54, 1.807) is 48.7 Å². The molecule has 0 radical (unpaired) electrons. The molecule has 0 aliphatic heterocycles. The number of halogens is 2. The van der Waals surface area contributed by atoms with E-state index >= 15 is 0 Å². The van der Waals surface area contributed by atoms with E-state index in [0.29, 0.717) is 33.7 Å². The zero-order chi connectivity index (χ0) is 26.6. The Morgan fingerprint density at radius 2 is 1.71 bits per heavy atom. The van der Waals surface area contributed by atoms with Crippen molar-refractivity contribution >= 4 is 40.3 Å². The third-order valence-electron chi connectivity index (χ3n) is 6.05. The number of nitrogens with zero attached hydrogens (tertiary/aromatic N) is 1. The standard InChI is InChI=1S/C30H22F2N4O2/c31-22-10-12-26(32)24(16-22)20-8-6-18(7-9-20)14-28(37)35-27-13-11-23-21(17-34-30(23)36-27)15-25(29(33)38)19-4-2-1-3-5-19/h1-13,15-17H,14H2,(H2,33,38)(H2,34,35,36,37)/b25-15+. The van der Waals surface area contributed by atoms with E-state index in [4.69, 9.17) is 5.73 Å². The summed E-state index contributed by atoms with van der Waals surface area (Å²) in [5.41, 5.74) is 9.34. The molecule has 0 aliphatic rings. The summed E-state index contributed by atoms with van der Waals surface area (Å²) in [4.78, 5) is 32.2. The predicted octanol–water partition coefficient (Wildman–Crippen LogP) is 5.72. The molecule has 2 amide bonds. The minimum Gasteiger partial charge on any atom is -0.366 e. The number of nitrogens with one attached hydrogen (secondary N) is 2. The molecule has 5 aromatic rings. The lowest BCUT2D eigenvalue weighted by Gasteiger charge is -2.07. The molecule has 0 spiro atoms. The molecule has 0 atom stereocenters. The molecule has 188 valence electrons. The van der Waals surface area contributed by atoms with E-state index in [9.17, 15) is 18.4 Å². The first kappa shape index (κ1) is 24.6. The summed E-state index contributed by atoms with van der Waals surface area (Å²) in [6.07, 6.45) is 3.50. The number of rotatable bonds is 7. The highest BCUT2D eigenvalue weighted by molar-refractivity contribution is 6.24. The fourth-order valence-electron chi connectivity index (χ4n) is 4.18. The third kappa shape index (κ3) is 5.34. The van der Waals surface area contributed by atoms with Crippen molar-refractivity contribution in [1.82, 2.24) is 9.97 Å². The number of fused-ring (bicyclic) bond motifs is 1. The van der Waals surface area contributed by atoms with Gasteiger partial charge in [-0.25, -0.2) is 13.8 Å². The normalized spacial score (nSPS) is 11.5. The van der Waals surface area contributed by atoms with Crippen LogP contribution in [-0.4, -0.2) is 21.8 Å². The number of hydrogen-bond acceptors (Lipinski definition) is 3. The second-order valence-corrected chi connectivity index (χ2v) is 8.67. The van der Waals surface area contributed by atoms with Crippen LogP contribution in [0, 0.1) is 11.6 Å². The zero-order valence-electron chi connectivity index (χ0n) is 20.0. The topological polar surface area (TPSA) is 101 Å². The van der Waals surface area contributed by atoms with Gasteiger partial charge in [0.1, 0.15) is 23.1 Å². The van der Waals surface area contributed by atoms with Crippen LogP contribution in [-0.2, 0) is 16.0 Å². The molecule has 2 aromatic heterocycles. The molecule has 3 aromatic carbocycles. The highest BCUT2D eigenvalue weighted by Crippen LogP contribution is 2.26. The number of nitrogens with two attached hydrogens (primary N) is 1. The first-order valence-electron chi connectivity index (χ1n) is 11.8. The summed E-state index contributed by atoms with van der Waals surface area (Å²) >= 11 is 0. The van der Waals surface area contributed by atoms with Crippen LogP contribution < -0.4 is 11.1 Å². The third-order valence-corrected chi connectivity index (χ3v) is 6.05. The monoisotopic (exact) mass is 508 g/mol. The maximum absolute atomic E-state index is 14.0. The molecule has 0 bridgehead atoms. The SMILES string of the molecule is NC(=O)/C(=C/c1c[nH]c2nc(NC(=O)Cc3ccc(-c4cc(F)ccc4F)cc3)ccc12)c1ccccc1. The van der Waals surface area contributed by atoms with Crippen LogP contribution in [0.2, 0.25) is 0 Å². The number of amides is 2. The van der Waals surface area contributed by atoms with Crippen LogP contribution in [0.1, 0.15) is 16.7 Å². The number of hydrogen-bond donors (Lipinski definition) is 3. The van der Waals surface area contributed by atoms with Gasteiger partial charge in [-0.2, -0.15) is 0 Å². The van der Waals surface area contributed by atoms with Crippen LogP contribution in [0.5, 0.6) is 0 Å². The quantitative estimate of drug-likeness (QED) is 0.245. The zero-order valence-corrected chi connectivity index (χ0v) is 20.0. The molecule has 5 rings (SSSR count). The molecule has 0 fully saturated rings. The fraction of sp³-hybridized carbons (Fsp3) is 0.0333. The predicted molar refractivity (Wildman–Crippen MR) is 144 cm³/mol. The van der Waals surface area contributed by atoms with Gasteiger partial charge in [0.15, 0.2) is 0 Å². The Hall–Kier alpha value is -5.11. The Morgan fingerprint density at radius 1 is 0.947 bits per heavy atom. The van der Waals surface area contributed by atoms with Gasteiger partial charge < -0.3 is 16.0 Å². The van der Waals surface area contributed by atoms with Crippen molar-refractivity contribution in [1.29, 1.82) is 0 Å². The van der Waals surface area contributed by atoms with Gasteiger partial charge in [-0.05, 0) is 53.1 Å². The highest BCUT2D eigenvalue weighted by atomic mass is 19.1. The first-order chi connectivity index (χ1) is 18.4. The maximum atomic E-state index is 14.0. The summed E-state index contributed by atoms with van der Waals surface area (Å²) < 4.78 is 27.5. The van der Waals surface area contributed by atoms with Crippen LogP contribution in [0.25, 0.3) is 33.8 Å². The first-order valence-corrected chi connectivity index (χ1v) is 11.8. The number of primary amides is 1. The number of benzene rings is 3. The molecule has 0 unspecified atom stereocenters. The van der Waals surface area contributed by atoms with Crippen molar-refractivity contribution in [3.63, 3.8) is 0 Å². The van der Waals surface area contributed by atoms with Crippen molar-refractivity contribution in [3.05, 3.63) is 119 Å². The van der Waals surface area contributed by atoms with Gasteiger partial charge in [0.2, 0.25) is 11.8 Å². The average molecular weight is 509 g/mol. The second-order valence-electron chi connectivity index (χ2n) is 8.67. The molecular weight excluding hydrogens is 486 g/mol. The second kappa shape index (κ2) is 10.5. The van der Waals surface area contributed by atoms with Crippen LogP contribution in [0.15, 0.2) is 91.1 Å². The summed E-state index contributed by atoms with van der Waals surface area (Å²) in [5.74, 6) is -1.52. The lowest BCUT2D eigenvalue weighted by molar-refractivity contribution is -0.115. The van der Waals surface area contributed by atoms with Crippen LogP contribution >= 0.6 is 0 Å². The van der Waals surface area contributed by atoms with Crippen molar-refractivity contribution in [2.24, 2.45) is 5.73 Å². The molecule has 0 saturated carbocycles. The molecule has 2 heterocycles. The summed E-state index contributed by atoms with van der Waals surface area (Å²) in [6.45, 7) is 0. The van der Waals surface area contributed by atoms with Crippen molar-refractivity contribution < 1.29 is 18.4 Å². The minimum atomic E-state index is -0.545. The minimum absolute atomic E-state index is 0.0728. The largest absolute Gasteiger partial charge is 0.366 e. The lowest BCUT2D eigenvalue weighted by atomic mass is 10.0. The molecular formula is C30H22F2N4O2. The van der Waals surface area contributed by atoms with Gasteiger partial charge >= 0.3 is 0 Å². The highest BCUT2D eigenvalue weighted by Gasteiger charge is 2.13. The van der Waals surface area contributed by atoms with E-state index in [2.05, 4.69) is 15.3 Å². The number of carbonyl (C=O) groups is 2. The average Bonchev–Trinajstić information content (AvgIpc) is 3.31. The van der Waals surface area contributed by atoms with Gasteiger partial charge in [0.25, 0.3) is 0 Å². The van der Waals surface area contributed by atoms with Crippen LogP contribution in [0.4, 0.5) is 14.6 Å². The Balaban J connectivity index is 1.30. The number of pyridine rings is 1. The molecule has 8 heteroatoms. The molecule has 0 aliphatic carbocycles. The number of aromatic amines is 1. The molecule has 4 N–H and O–H groups in total. The van der Waals surface area contributed by atoms with E-state index in [-0.39, 0.29) is 17.9 Å². The van der Waals surface area contributed by atoms with Crippen LogP contribution in [0.3, 0.4) is 0 Å². The van der Waals surface area contributed by atoms with E-state index < -0.39 is 17.5 Å². The number of H-pyrrole nitrogens is 1. The van der Waals surface area contributed by atoms with Gasteiger partial charge in [0.05, 0.1) is 6.42 Å². The Morgan fingerprint density at radius 3 is 2.45 bits per heavy atom. The Bertz CT molecular complexity index is 1680. The molecule has 38 heavy (non-hydrogen) atoms. The van der Waals surface area contributed by atoms with Gasteiger partial charge in [-0.3, -0.25) is 9.59 Å². The number of anilines is 1. The van der Waals surface area contributed by atoms with E-state index in [1.165, 1.54) is 0 Å². The van der Waals surface area contributed by atoms with Gasteiger partial charge in [-0.1, -0.05) is 54.6 Å². The maximum Gasteiger partial charge on any atom is 0.249 e.